The predicted octanol–water partition coefficient (Wildman–Crippen LogP) is 2.89. The highest BCUT2D eigenvalue weighted by molar-refractivity contribution is 5.85. The van der Waals surface area contributed by atoms with E-state index in [1.165, 1.54) is 0 Å². The molecular formula is C16H27ClN2O2. The maximum atomic E-state index is 11.9. The van der Waals surface area contributed by atoms with Crippen LogP contribution in [0.15, 0.2) is 24.3 Å². The van der Waals surface area contributed by atoms with Crippen LogP contribution in [0.5, 0.6) is 5.75 Å². The number of carbonyl (C=O) groups excluding carboxylic acids is 1. The van der Waals surface area contributed by atoms with Gasteiger partial charge in [-0.25, -0.2) is 0 Å². The molecule has 2 atom stereocenters. The fourth-order valence-corrected chi connectivity index (χ4v) is 1.74. The van der Waals surface area contributed by atoms with E-state index in [0.29, 0.717) is 6.54 Å². The summed E-state index contributed by atoms with van der Waals surface area (Å²) in [5.41, 5.74) is 6.92. The summed E-state index contributed by atoms with van der Waals surface area (Å²) >= 11 is 0. The topological polar surface area (TPSA) is 64.3 Å². The molecule has 0 fully saturated rings. The molecule has 4 nitrogen and oxygen atoms in total. The minimum absolute atomic E-state index is 0. The summed E-state index contributed by atoms with van der Waals surface area (Å²) in [6, 6.07) is 7.32. The first-order valence-electron chi connectivity index (χ1n) is 7.33. The van der Waals surface area contributed by atoms with Crippen LogP contribution in [0, 0.1) is 5.92 Å². The van der Waals surface area contributed by atoms with Gasteiger partial charge in [0, 0.05) is 6.54 Å². The Morgan fingerprint density at radius 1 is 1.29 bits per heavy atom. The number of hydrogen-bond acceptors (Lipinski definition) is 3. The fourth-order valence-electron chi connectivity index (χ4n) is 1.74. The molecule has 0 bridgehead atoms. The lowest BCUT2D eigenvalue weighted by atomic mass is 9.99. The Labute approximate surface area is 133 Å². The summed E-state index contributed by atoms with van der Waals surface area (Å²) in [6.07, 6.45) is 1.89. The van der Waals surface area contributed by atoms with Crippen molar-refractivity contribution in [1.29, 1.82) is 0 Å². The normalized spacial score (nSPS) is 13.0. The molecule has 0 saturated carbocycles. The van der Waals surface area contributed by atoms with Crippen molar-refractivity contribution in [3.05, 3.63) is 29.8 Å². The zero-order chi connectivity index (χ0) is 15.0. The van der Waals surface area contributed by atoms with E-state index in [1.807, 2.05) is 38.1 Å². The minimum atomic E-state index is -0.438. The third-order valence-corrected chi connectivity index (χ3v) is 3.42. The van der Waals surface area contributed by atoms with Crippen LogP contribution in [-0.2, 0) is 11.3 Å². The van der Waals surface area contributed by atoms with E-state index in [0.717, 1.165) is 30.8 Å². The SMILES string of the molecule is CCCOc1ccc(CNC(=O)C(N)C(C)CC)cc1.Cl. The molecule has 21 heavy (non-hydrogen) atoms. The van der Waals surface area contributed by atoms with Crippen LogP contribution in [0.25, 0.3) is 0 Å². The van der Waals surface area contributed by atoms with Crippen LogP contribution < -0.4 is 15.8 Å². The van der Waals surface area contributed by atoms with E-state index in [2.05, 4.69) is 12.2 Å². The Bertz CT molecular complexity index is 409. The first-order chi connectivity index (χ1) is 9.58. The van der Waals surface area contributed by atoms with E-state index in [4.69, 9.17) is 10.5 Å². The van der Waals surface area contributed by atoms with Crippen LogP contribution in [-0.4, -0.2) is 18.6 Å². The highest BCUT2D eigenvalue weighted by atomic mass is 35.5. The average Bonchev–Trinajstić information content (AvgIpc) is 2.49. The number of hydrogen-bond donors (Lipinski definition) is 2. The van der Waals surface area contributed by atoms with Gasteiger partial charge >= 0.3 is 0 Å². The van der Waals surface area contributed by atoms with Crippen LogP contribution in [0.2, 0.25) is 0 Å². The summed E-state index contributed by atoms with van der Waals surface area (Å²) in [7, 11) is 0. The van der Waals surface area contributed by atoms with Gasteiger partial charge in [-0.2, -0.15) is 0 Å². The summed E-state index contributed by atoms with van der Waals surface area (Å²) in [4.78, 5) is 11.9. The number of benzene rings is 1. The van der Waals surface area contributed by atoms with Gasteiger partial charge in [0.15, 0.2) is 0 Å². The monoisotopic (exact) mass is 314 g/mol. The van der Waals surface area contributed by atoms with Gasteiger partial charge in [0.25, 0.3) is 0 Å². The molecule has 0 aromatic heterocycles. The Balaban J connectivity index is 0.00000400. The highest BCUT2D eigenvalue weighted by Crippen LogP contribution is 2.12. The Hall–Kier alpha value is -1.26. The maximum Gasteiger partial charge on any atom is 0.237 e. The van der Waals surface area contributed by atoms with Gasteiger partial charge in [0.2, 0.25) is 5.91 Å². The first kappa shape index (κ1) is 19.7. The number of nitrogens with one attached hydrogen (secondary N) is 1. The number of nitrogens with two attached hydrogens (primary N) is 1. The average molecular weight is 315 g/mol. The van der Waals surface area contributed by atoms with Crippen molar-refractivity contribution >= 4 is 18.3 Å². The number of halogens is 1. The zero-order valence-electron chi connectivity index (χ0n) is 13.1. The lowest BCUT2D eigenvalue weighted by Crippen LogP contribution is -2.44. The molecule has 0 aliphatic rings. The van der Waals surface area contributed by atoms with Gasteiger partial charge in [0.05, 0.1) is 12.6 Å². The van der Waals surface area contributed by atoms with Gasteiger partial charge in [-0.15, -0.1) is 12.4 Å². The number of amides is 1. The van der Waals surface area contributed by atoms with E-state index < -0.39 is 6.04 Å². The van der Waals surface area contributed by atoms with Crippen LogP contribution in [0.4, 0.5) is 0 Å². The number of carbonyl (C=O) groups is 1. The lowest BCUT2D eigenvalue weighted by Gasteiger charge is -2.17. The Kier molecular flexibility index (Phi) is 9.84. The van der Waals surface area contributed by atoms with Crippen molar-refractivity contribution in [3.63, 3.8) is 0 Å². The van der Waals surface area contributed by atoms with Gasteiger partial charge < -0.3 is 15.8 Å². The van der Waals surface area contributed by atoms with Gasteiger partial charge in [0.1, 0.15) is 5.75 Å². The van der Waals surface area contributed by atoms with Crippen LogP contribution in [0.1, 0.15) is 39.2 Å². The molecule has 0 aliphatic carbocycles. The molecule has 1 aromatic rings. The minimum Gasteiger partial charge on any atom is -0.494 e. The fraction of sp³-hybridized carbons (Fsp3) is 0.562. The maximum absolute atomic E-state index is 11.9. The van der Waals surface area contributed by atoms with E-state index in [1.54, 1.807) is 0 Å². The summed E-state index contributed by atoms with van der Waals surface area (Å²) in [6.45, 7) is 7.32. The second-order valence-electron chi connectivity index (χ2n) is 5.12. The third-order valence-electron chi connectivity index (χ3n) is 3.42. The molecule has 3 N–H and O–H groups in total. The third kappa shape index (κ3) is 6.82. The second kappa shape index (κ2) is 10.5. The van der Waals surface area contributed by atoms with Crippen molar-refractivity contribution in [2.45, 2.75) is 46.2 Å². The largest absolute Gasteiger partial charge is 0.494 e. The number of ether oxygens (including phenoxy) is 1. The standard InChI is InChI=1S/C16H26N2O2.ClH/c1-4-10-20-14-8-6-13(7-9-14)11-18-16(19)15(17)12(3)5-2;/h6-9,12,15H,4-5,10-11,17H2,1-3H3,(H,18,19);1H. The molecule has 0 radical (unpaired) electrons. The van der Waals surface area contributed by atoms with Crippen molar-refractivity contribution in [2.75, 3.05) is 6.61 Å². The molecule has 0 spiro atoms. The van der Waals surface area contributed by atoms with Crippen molar-refractivity contribution in [3.8, 4) is 5.75 Å². The van der Waals surface area contributed by atoms with E-state index in [-0.39, 0.29) is 24.2 Å². The van der Waals surface area contributed by atoms with Gasteiger partial charge in [-0.3, -0.25) is 4.79 Å². The predicted molar refractivity (Wildman–Crippen MR) is 88.8 cm³/mol. The van der Waals surface area contributed by atoms with Crippen molar-refractivity contribution < 1.29 is 9.53 Å². The van der Waals surface area contributed by atoms with Crippen molar-refractivity contribution in [2.24, 2.45) is 11.7 Å². The zero-order valence-corrected chi connectivity index (χ0v) is 13.9. The summed E-state index contributed by atoms with van der Waals surface area (Å²) < 4.78 is 5.51. The smallest absolute Gasteiger partial charge is 0.237 e. The first-order valence-corrected chi connectivity index (χ1v) is 7.33. The van der Waals surface area contributed by atoms with Gasteiger partial charge in [-0.05, 0) is 30.0 Å². The Morgan fingerprint density at radius 3 is 2.43 bits per heavy atom. The van der Waals surface area contributed by atoms with Gasteiger partial charge in [-0.1, -0.05) is 39.3 Å². The van der Waals surface area contributed by atoms with Crippen LogP contribution >= 0.6 is 12.4 Å². The molecule has 0 saturated heterocycles. The molecule has 0 heterocycles. The molecule has 1 rings (SSSR count). The van der Waals surface area contributed by atoms with Crippen LogP contribution in [0.3, 0.4) is 0 Å². The summed E-state index contributed by atoms with van der Waals surface area (Å²) in [5, 5.41) is 2.87. The molecule has 120 valence electrons. The molecule has 0 aliphatic heterocycles. The molecular weight excluding hydrogens is 288 g/mol. The summed E-state index contributed by atoms with van der Waals surface area (Å²) in [5.74, 6) is 0.962. The molecule has 1 aromatic carbocycles. The quantitative estimate of drug-likeness (QED) is 0.775. The Morgan fingerprint density at radius 2 is 1.90 bits per heavy atom. The second-order valence-corrected chi connectivity index (χ2v) is 5.12. The number of rotatable bonds is 8. The molecule has 2 unspecified atom stereocenters. The molecule has 1 amide bonds. The van der Waals surface area contributed by atoms with E-state index >= 15 is 0 Å². The highest BCUT2D eigenvalue weighted by Gasteiger charge is 2.18. The van der Waals surface area contributed by atoms with E-state index in [9.17, 15) is 4.79 Å². The lowest BCUT2D eigenvalue weighted by molar-refractivity contribution is -0.123. The molecule has 5 heteroatoms. The van der Waals surface area contributed by atoms with Crippen molar-refractivity contribution in [1.82, 2.24) is 5.32 Å².